The van der Waals surface area contributed by atoms with Crippen molar-refractivity contribution in [2.45, 2.75) is 32.2 Å². The fourth-order valence-corrected chi connectivity index (χ4v) is 4.02. The third-order valence-corrected chi connectivity index (χ3v) is 4.90. The molecule has 112 valence electrons. The first kappa shape index (κ1) is 16.3. The Balaban J connectivity index is 2.29. The van der Waals surface area contributed by atoms with Crippen LogP contribution in [0.2, 0.25) is 0 Å². The van der Waals surface area contributed by atoms with E-state index < -0.39 is 0 Å². The maximum Gasteiger partial charge on any atom is 0.134 e. The highest BCUT2D eigenvalue weighted by Crippen LogP contribution is 2.39. The van der Waals surface area contributed by atoms with E-state index in [4.69, 9.17) is 0 Å². The Morgan fingerprint density at radius 1 is 1.30 bits per heavy atom. The summed E-state index contributed by atoms with van der Waals surface area (Å²) >= 11 is 6.98. The Kier molecular flexibility index (Phi) is 6.33. The Morgan fingerprint density at radius 2 is 2.00 bits per heavy atom. The summed E-state index contributed by atoms with van der Waals surface area (Å²) in [5.41, 5.74) is 1.03. The van der Waals surface area contributed by atoms with Gasteiger partial charge in [0.25, 0.3) is 0 Å². The third kappa shape index (κ3) is 3.97. The van der Waals surface area contributed by atoms with Crippen molar-refractivity contribution in [1.29, 1.82) is 0 Å². The van der Waals surface area contributed by atoms with Crippen molar-refractivity contribution < 1.29 is 5.11 Å². The van der Waals surface area contributed by atoms with E-state index in [1.54, 1.807) is 0 Å². The number of benzene rings is 1. The molecule has 1 aliphatic rings. The minimum atomic E-state index is 0.297. The standard InChI is InChI=1S/C15H22Br2N2O/c1-2-3-4-14(19-7-5-18-6-8-19)12-9-11(16)10-13(17)15(12)20/h9-10,14,18,20H,2-8H2,1H3/t14-/m0/s1. The number of unbranched alkanes of at least 4 members (excludes halogenated alkanes) is 1. The lowest BCUT2D eigenvalue weighted by Crippen LogP contribution is -2.45. The molecule has 20 heavy (non-hydrogen) atoms. The van der Waals surface area contributed by atoms with Gasteiger partial charge in [-0.2, -0.15) is 0 Å². The number of aromatic hydroxyl groups is 1. The second-order valence-electron chi connectivity index (χ2n) is 5.27. The molecule has 0 aromatic heterocycles. The number of hydrogen-bond donors (Lipinski definition) is 2. The first-order valence-electron chi connectivity index (χ1n) is 7.26. The second kappa shape index (κ2) is 7.78. The van der Waals surface area contributed by atoms with Crippen molar-refractivity contribution in [3.05, 3.63) is 26.6 Å². The Labute approximate surface area is 138 Å². The Bertz CT molecular complexity index is 448. The fraction of sp³-hybridized carbons (Fsp3) is 0.600. The van der Waals surface area contributed by atoms with Gasteiger partial charge in [0.15, 0.2) is 0 Å². The number of phenols is 1. The van der Waals surface area contributed by atoms with Crippen LogP contribution in [0.4, 0.5) is 0 Å². The predicted molar refractivity (Wildman–Crippen MR) is 90.2 cm³/mol. The average molecular weight is 406 g/mol. The molecule has 1 aromatic rings. The van der Waals surface area contributed by atoms with Gasteiger partial charge in [-0.1, -0.05) is 35.7 Å². The van der Waals surface area contributed by atoms with Crippen molar-refractivity contribution in [3.8, 4) is 5.75 Å². The minimum Gasteiger partial charge on any atom is -0.506 e. The van der Waals surface area contributed by atoms with Crippen molar-refractivity contribution in [3.63, 3.8) is 0 Å². The minimum absolute atomic E-state index is 0.297. The van der Waals surface area contributed by atoms with Crippen LogP contribution in [0.5, 0.6) is 5.75 Å². The van der Waals surface area contributed by atoms with Gasteiger partial charge in [0.05, 0.1) is 4.47 Å². The number of rotatable bonds is 5. The lowest BCUT2D eigenvalue weighted by atomic mass is 9.98. The molecular formula is C15H22Br2N2O. The molecule has 1 aliphatic heterocycles. The molecule has 0 radical (unpaired) electrons. The molecule has 1 aromatic carbocycles. The maximum atomic E-state index is 10.4. The van der Waals surface area contributed by atoms with Gasteiger partial charge in [0, 0.05) is 42.3 Å². The van der Waals surface area contributed by atoms with E-state index in [-0.39, 0.29) is 0 Å². The molecule has 0 aliphatic carbocycles. The quantitative estimate of drug-likeness (QED) is 0.775. The molecule has 5 heteroatoms. The van der Waals surface area contributed by atoms with Crippen LogP contribution < -0.4 is 5.32 Å². The summed E-state index contributed by atoms with van der Waals surface area (Å²) in [6.45, 7) is 6.35. The number of phenolic OH excluding ortho intramolecular Hbond substituents is 1. The van der Waals surface area contributed by atoms with Crippen molar-refractivity contribution in [1.82, 2.24) is 10.2 Å². The van der Waals surface area contributed by atoms with Gasteiger partial charge in [-0.3, -0.25) is 4.90 Å². The monoisotopic (exact) mass is 404 g/mol. The first-order chi connectivity index (χ1) is 9.63. The van der Waals surface area contributed by atoms with Crippen LogP contribution in [-0.2, 0) is 0 Å². The van der Waals surface area contributed by atoms with Crippen molar-refractivity contribution >= 4 is 31.9 Å². The summed E-state index contributed by atoms with van der Waals surface area (Å²) in [5.74, 6) is 0.382. The van der Waals surface area contributed by atoms with Crippen LogP contribution in [-0.4, -0.2) is 36.2 Å². The number of halogens is 2. The molecule has 1 atom stereocenters. The average Bonchev–Trinajstić information content (AvgIpc) is 2.45. The molecule has 0 unspecified atom stereocenters. The van der Waals surface area contributed by atoms with Gasteiger partial charge in [-0.15, -0.1) is 0 Å². The van der Waals surface area contributed by atoms with Crippen LogP contribution >= 0.6 is 31.9 Å². The van der Waals surface area contributed by atoms with E-state index in [1.807, 2.05) is 6.07 Å². The molecular weight excluding hydrogens is 384 g/mol. The summed E-state index contributed by atoms with van der Waals surface area (Å²) in [4.78, 5) is 2.49. The SMILES string of the molecule is CCCC[C@@H](c1cc(Br)cc(Br)c1O)N1CCNCC1. The van der Waals surface area contributed by atoms with Gasteiger partial charge in [-0.25, -0.2) is 0 Å². The van der Waals surface area contributed by atoms with E-state index >= 15 is 0 Å². The molecule has 3 nitrogen and oxygen atoms in total. The zero-order valence-electron chi connectivity index (χ0n) is 11.8. The van der Waals surface area contributed by atoms with Crippen LogP contribution in [0.3, 0.4) is 0 Å². The van der Waals surface area contributed by atoms with Crippen molar-refractivity contribution in [2.75, 3.05) is 26.2 Å². The van der Waals surface area contributed by atoms with Crippen LogP contribution in [0.15, 0.2) is 21.1 Å². The highest BCUT2D eigenvalue weighted by molar-refractivity contribution is 9.11. The Hall–Kier alpha value is -0.100. The van der Waals surface area contributed by atoms with Gasteiger partial charge in [0.2, 0.25) is 0 Å². The van der Waals surface area contributed by atoms with Crippen LogP contribution in [0, 0.1) is 0 Å². The predicted octanol–water partition coefficient (Wildman–Crippen LogP) is 4.05. The number of hydrogen-bond acceptors (Lipinski definition) is 3. The summed E-state index contributed by atoms with van der Waals surface area (Å²) in [6.07, 6.45) is 3.45. The Morgan fingerprint density at radius 3 is 2.65 bits per heavy atom. The van der Waals surface area contributed by atoms with E-state index in [1.165, 1.54) is 12.8 Å². The normalized spacial score (nSPS) is 18.1. The fourth-order valence-electron chi connectivity index (χ4n) is 2.77. The highest BCUT2D eigenvalue weighted by Gasteiger charge is 2.25. The molecule has 0 spiro atoms. The van der Waals surface area contributed by atoms with E-state index in [9.17, 15) is 5.11 Å². The molecule has 1 fully saturated rings. The zero-order valence-corrected chi connectivity index (χ0v) is 15.0. The lowest BCUT2D eigenvalue weighted by molar-refractivity contribution is 0.160. The summed E-state index contributed by atoms with van der Waals surface area (Å²) in [5, 5.41) is 13.8. The van der Waals surface area contributed by atoms with E-state index in [2.05, 4.69) is 55.1 Å². The van der Waals surface area contributed by atoms with Crippen LogP contribution in [0.1, 0.15) is 37.8 Å². The topological polar surface area (TPSA) is 35.5 Å². The summed E-state index contributed by atoms with van der Waals surface area (Å²) in [6, 6.07) is 4.25. The molecule has 0 saturated carbocycles. The molecule has 1 heterocycles. The third-order valence-electron chi connectivity index (χ3n) is 3.84. The number of piperazine rings is 1. The van der Waals surface area contributed by atoms with E-state index in [0.717, 1.165) is 47.1 Å². The van der Waals surface area contributed by atoms with Crippen LogP contribution in [0.25, 0.3) is 0 Å². The lowest BCUT2D eigenvalue weighted by Gasteiger charge is -2.35. The summed E-state index contributed by atoms with van der Waals surface area (Å²) in [7, 11) is 0. The van der Waals surface area contributed by atoms with Gasteiger partial charge >= 0.3 is 0 Å². The first-order valence-corrected chi connectivity index (χ1v) is 8.84. The number of nitrogens with one attached hydrogen (secondary N) is 1. The molecule has 1 saturated heterocycles. The molecule has 2 N–H and O–H groups in total. The largest absolute Gasteiger partial charge is 0.506 e. The molecule has 0 amide bonds. The maximum absolute atomic E-state index is 10.4. The highest BCUT2D eigenvalue weighted by atomic mass is 79.9. The van der Waals surface area contributed by atoms with Gasteiger partial charge in [-0.05, 0) is 34.5 Å². The van der Waals surface area contributed by atoms with Gasteiger partial charge < -0.3 is 10.4 Å². The smallest absolute Gasteiger partial charge is 0.134 e. The van der Waals surface area contributed by atoms with Crippen molar-refractivity contribution in [2.24, 2.45) is 0 Å². The van der Waals surface area contributed by atoms with Gasteiger partial charge in [0.1, 0.15) is 5.75 Å². The molecule has 0 bridgehead atoms. The van der Waals surface area contributed by atoms with E-state index in [0.29, 0.717) is 11.8 Å². The summed E-state index contributed by atoms with van der Waals surface area (Å²) < 4.78 is 1.77. The second-order valence-corrected chi connectivity index (χ2v) is 7.04. The number of nitrogens with zero attached hydrogens (tertiary/aromatic N) is 1. The molecule has 2 rings (SSSR count). The zero-order chi connectivity index (χ0) is 14.5.